The van der Waals surface area contributed by atoms with Crippen molar-refractivity contribution in [2.24, 2.45) is 0 Å². The van der Waals surface area contributed by atoms with Gasteiger partial charge in [-0.25, -0.2) is 0 Å². The Morgan fingerprint density at radius 1 is 0.694 bits per heavy atom. The first-order valence-electron chi connectivity index (χ1n) is 23.8. The summed E-state index contributed by atoms with van der Waals surface area (Å²) in [4.78, 5) is 37.7. The number of furan rings is 1. The molecule has 0 amide bonds. The normalized spacial score (nSPS) is 14.4. The molecular weight excluding hydrogens is 806 g/mol. The monoisotopic (exact) mass is 892 g/mol. The number of rotatable bonds is 39. The summed E-state index contributed by atoms with van der Waals surface area (Å²) in [6.45, 7) is 8.17. The second kappa shape index (κ2) is 35.5. The number of carbonyl (C=O) groups excluding carboxylic acids is 2. The molecule has 1 aromatic rings. The van der Waals surface area contributed by atoms with Crippen LogP contribution in [0.3, 0.4) is 0 Å². The summed E-state index contributed by atoms with van der Waals surface area (Å²) in [5.41, 5.74) is 2.65. The van der Waals surface area contributed by atoms with E-state index in [1.165, 1.54) is 49.0 Å². The Bertz CT molecular complexity index is 1490. The fourth-order valence-electron chi connectivity index (χ4n) is 6.51. The maximum atomic E-state index is 12.7. The first-order chi connectivity index (χ1) is 29.7. The highest BCUT2D eigenvalue weighted by molar-refractivity contribution is 7.45. The van der Waals surface area contributed by atoms with Gasteiger partial charge in [-0.1, -0.05) is 114 Å². The molecule has 62 heavy (non-hydrogen) atoms. The molecular formula is C50H86NO10P. The maximum absolute atomic E-state index is 12.7. The Hall–Kier alpha value is -2.79. The number of hydrogen-bond acceptors (Lipinski definition) is 10. The van der Waals surface area contributed by atoms with Crippen LogP contribution >= 0.6 is 7.82 Å². The van der Waals surface area contributed by atoms with Gasteiger partial charge in [-0.2, -0.15) is 0 Å². The first-order valence-corrected chi connectivity index (χ1v) is 25.2. The molecule has 0 aliphatic rings. The Morgan fingerprint density at radius 3 is 1.77 bits per heavy atom. The summed E-state index contributed by atoms with van der Waals surface area (Å²) < 4.78 is 40.1. The number of allylic oxidation sites excluding steroid dienone is 8. The van der Waals surface area contributed by atoms with E-state index >= 15 is 0 Å². The van der Waals surface area contributed by atoms with Crippen LogP contribution in [0, 0.1) is 13.8 Å². The summed E-state index contributed by atoms with van der Waals surface area (Å²) in [7, 11) is 1.08. The predicted molar refractivity (Wildman–Crippen MR) is 250 cm³/mol. The molecule has 11 nitrogen and oxygen atoms in total. The van der Waals surface area contributed by atoms with Crippen molar-refractivity contribution in [1.29, 1.82) is 0 Å². The zero-order valence-corrected chi connectivity index (χ0v) is 40.8. The van der Waals surface area contributed by atoms with E-state index in [4.69, 9.17) is 22.9 Å². The number of esters is 2. The molecule has 0 bridgehead atoms. The number of ether oxygens (including phenoxy) is 2. The Labute approximate surface area is 376 Å². The molecule has 1 unspecified atom stereocenters. The lowest BCUT2D eigenvalue weighted by molar-refractivity contribution is -0.870. The Balaban J connectivity index is 2.38. The molecule has 0 spiro atoms. The number of likely N-dealkylation sites (N-methyl/N-ethyl adjacent to an activating group) is 1. The summed E-state index contributed by atoms with van der Waals surface area (Å²) in [5, 5.41) is 9.58. The number of aliphatic hydroxyl groups is 1. The zero-order valence-electron chi connectivity index (χ0n) is 39.9. The molecule has 3 atom stereocenters. The average molecular weight is 892 g/mol. The smallest absolute Gasteiger partial charge is 0.306 e. The molecule has 0 saturated heterocycles. The van der Waals surface area contributed by atoms with Crippen molar-refractivity contribution in [3.05, 3.63) is 71.3 Å². The highest BCUT2D eigenvalue weighted by atomic mass is 31.2. The Morgan fingerprint density at radius 2 is 1.21 bits per heavy atom. The van der Waals surface area contributed by atoms with E-state index in [0.29, 0.717) is 30.3 Å². The number of phosphoric ester groups is 1. The van der Waals surface area contributed by atoms with Gasteiger partial charge >= 0.3 is 11.9 Å². The highest BCUT2D eigenvalue weighted by Crippen LogP contribution is 2.38. The number of quaternary nitrogens is 1. The van der Waals surface area contributed by atoms with Crippen LogP contribution < -0.4 is 4.89 Å². The van der Waals surface area contributed by atoms with E-state index in [2.05, 4.69) is 63.3 Å². The molecule has 12 heteroatoms. The molecule has 0 saturated carbocycles. The maximum Gasteiger partial charge on any atom is 0.306 e. The SMILES string of the molecule is CCCCCc1oc(CCCCCCCCCCC(=O)OC[C@H](COP(=O)([O-])OCC[N+](C)(C)C)OC(=O)CCC/C=C\C/C=C\C/C=C\C/C=C\CC[C@H](O)CC)c(C)c1C. The summed E-state index contributed by atoms with van der Waals surface area (Å²) in [6, 6.07) is 0. The van der Waals surface area contributed by atoms with Crippen LogP contribution in [0.25, 0.3) is 0 Å². The zero-order chi connectivity index (χ0) is 45.9. The van der Waals surface area contributed by atoms with Gasteiger partial charge in [0, 0.05) is 25.7 Å². The summed E-state index contributed by atoms with van der Waals surface area (Å²) in [5.74, 6) is 1.38. The number of unbranched alkanes of at least 4 members (excludes halogenated alkanes) is 10. The van der Waals surface area contributed by atoms with Crippen LogP contribution in [0.15, 0.2) is 53.0 Å². The van der Waals surface area contributed by atoms with Crippen molar-refractivity contribution < 1.29 is 51.6 Å². The Kier molecular flexibility index (Phi) is 32.8. The lowest BCUT2D eigenvalue weighted by Crippen LogP contribution is -2.37. The average Bonchev–Trinajstić information content (AvgIpc) is 3.49. The van der Waals surface area contributed by atoms with Crippen LogP contribution in [-0.2, 0) is 45.5 Å². The lowest BCUT2D eigenvalue weighted by Gasteiger charge is -2.28. The van der Waals surface area contributed by atoms with Crippen molar-refractivity contribution in [2.75, 3.05) is 47.5 Å². The quantitative estimate of drug-likeness (QED) is 0.0223. The summed E-state index contributed by atoms with van der Waals surface area (Å²) in [6.07, 6.45) is 36.3. The van der Waals surface area contributed by atoms with Gasteiger partial charge in [-0.15, -0.1) is 0 Å². The van der Waals surface area contributed by atoms with Crippen molar-refractivity contribution in [2.45, 2.75) is 188 Å². The molecule has 0 radical (unpaired) electrons. The minimum atomic E-state index is -4.66. The van der Waals surface area contributed by atoms with Gasteiger partial charge in [0.2, 0.25) is 0 Å². The molecule has 0 aliphatic carbocycles. The first kappa shape index (κ1) is 57.2. The lowest BCUT2D eigenvalue weighted by atomic mass is 10.0. The van der Waals surface area contributed by atoms with Crippen LogP contribution in [0.5, 0.6) is 0 Å². The number of phosphoric acid groups is 1. The molecule has 0 aliphatic heterocycles. The van der Waals surface area contributed by atoms with Crippen LogP contribution in [0.1, 0.15) is 171 Å². The minimum Gasteiger partial charge on any atom is -0.756 e. The van der Waals surface area contributed by atoms with E-state index in [9.17, 15) is 24.2 Å². The van der Waals surface area contributed by atoms with E-state index in [-0.39, 0.29) is 32.2 Å². The second-order valence-electron chi connectivity index (χ2n) is 17.5. The van der Waals surface area contributed by atoms with Crippen molar-refractivity contribution >= 4 is 19.8 Å². The second-order valence-corrected chi connectivity index (χ2v) is 18.9. The van der Waals surface area contributed by atoms with Crippen LogP contribution in [0.4, 0.5) is 0 Å². The third kappa shape index (κ3) is 32.0. The van der Waals surface area contributed by atoms with Gasteiger partial charge in [0.15, 0.2) is 6.10 Å². The van der Waals surface area contributed by atoms with Crippen LogP contribution in [0.2, 0.25) is 0 Å². The number of aliphatic hydroxyl groups excluding tert-OH is 1. The third-order valence-electron chi connectivity index (χ3n) is 10.7. The predicted octanol–water partition coefficient (Wildman–Crippen LogP) is 11.5. The molecule has 0 fully saturated rings. The van der Waals surface area contributed by atoms with Gasteiger partial charge in [-0.3, -0.25) is 14.2 Å². The fourth-order valence-corrected chi connectivity index (χ4v) is 7.24. The van der Waals surface area contributed by atoms with Gasteiger partial charge in [0.1, 0.15) is 31.3 Å². The molecule has 1 heterocycles. The van der Waals surface area contributed by atoms with E-state index in [0.717, 1.165) is 89.2 Å². The standard InChI is InChI=1S/C50H86NO10P/c1-8-10-29-35-47-43(3)44(4)48(61-47)36-31-26-22-19-20-23-27-32-37-49(53)57-41-46(42-59-62(55,56)58-40-39-51(5,6)7)60-50(54)38-33-28-24-18-16-14-12-11-13-15-17-21-25-30-34-45(52)9-2/h12-15,18,21,24-25,45-46,52H,8-11,16-17,19-20,22-23,26-42H2,1-7H3/b14-12-,15-13-,24-18-,25-21-/t45-,46-/m1/s1. The number of nitrogens with zero attached hydrogens (tertiary/aromatic N) is 1. The van der Waals surface area contributed by atoms with E-state index < -0.39 is 32.5 Å². The van der Waals surface area contributed by atoms with Crippen LogP contribution in [-0.4, -0.2) is 81.2 Å². The molecule has 1 N–H and O–H groups in total. The number of carbonyl (C=O) groups is 2. The minimum absolute atomic E-state index is 0.0555. The van der Waals surface area contributed by atoms with Gasteiger partial charge < -0.3 is 37.4 Å². The number of aryl methyl sites for hydroxylation is 2. The van der Waals surface area contributed by atoms with E-state index in [1.807, 2.05) is 34.1 Å². The number of hydrogen-bond donors (Lipinski definition) is 1. The fraction of sp³-hybridized carbons (Fsp3) is 0.720. The summed E-state index contributed by atoms with van der Waals surface area (Å²) >= 11 is 0. The van der Waals surface area contributed by atoms with Crippen molar-refractivity contribution in [3.63, 3.8) is 0 Å². The molecule has 1 aromatic heterocycles. The largest absolute Gasteiger partial charge is 0.756 e. The topological polar surface area (TPSA) is 145 Å². The van der Waals surface area contributed by atoms with E-state index in [1.54, 1.807) is 0 Å². The molecule has 356 valence electrons. The van der Waals surface area contributed by atoms with Crippen molar-refractivity contribution in [3.8, 4) is 0 Å². The third-order valence-corrected chi connectivity index (χ3v) is 11.7. The molecule has 1 rings (SSSR count). The molecule has 0 aromatic carbocycles. The van der Waals surface area contributed by atoms with Gasteiger partial charge in [0.05, 0.1) is 33.9 Å². The highest BCUT2D eigenvalue weighted by Gasteiger charge is 2.22. The van der Waals surface area contributed by atoms with Gasteiger partial charge in [0.25, 0.3) is 7.82 Å². The van der Waals surface area contributed by atoms with Gasteiger partial charge in [-0.05, 0) is 95.6 Å². The van der Waals surface area contributed by atoms with Crippen molar-refractivity contribution in [1.82, 2.24) is 0 Å².